The largest absolute Gasteiger partial charge is 0.490 e. The molecule has 1 fully saturated rings. The molecular weight excluding hydrogens is 523 g/mol. The number of aliphatic hydroxyl groups excluding tert-OH is 1. The second-order valence-corrected chi connectivity index (χ2v) is 11.3. The molecule has 16 nitrogen and oxygen atoms in total. The minimum Gasteiger partial charge on any atom is -0.387 e. The molecule has 1 aromatic heterocycles. The van der Waals surface area contributed by atoms with Gasteiger partial charge in [-0.1, -0.05) is 17.5 Å². The standard InChI is InChI=1S/C12H17ClN3O13P3/c1-3-12(13)9(17)8(26-10(12)16-5-4-7(14)15-11(16)18)6(2)27-31(22,23)29-32(24,25)28-30(19,20)21/h1,4-6,8-10,17H,2H3,(H,22,23)(H,24,25)(H2,14,15,18)(H2,19,20,21)/t6-,8-,9+,10-,12?/m1/s1. The third-order valence-electron chi connectivity index (χ3n) is 3.89. The lowest BCUT2D eigenvalue weighted by molar-refractivity contribution is -0.0749. The lowest BCUT2D eigenvalue weighted by atomic mass is 9.97. The lowest BCUT2D eigenvalue weighted by Gasteiger charge is -2.26. The predicted octanol–water partition coefficient (Wildman–Crippen LogP) is -0.574. The molecule has 0 spiro atoms. The molecule has 0 aromatic carbocycles. The molecule has 32 heavy (non-hydrogen) atoms. The molecule has 7 N–H and O–H groups in total. The average molecular weight is 540 g/mol. The molecule has 20 heteroatoms. The number of terminal acetylenes is 1. The maximum atomic E-state index is 12.1. The Kier molecular flexibility index (Phi) is 7.83. The van der Waals surface area contributed by atoms with Crippen molar-refractivity contribution in [2.45, 2.75) is 36.3 Å². The van der Waals surface area contributed by atoms with Gasteiger partial charge in [-0.15, -0.1) is 6.42 Å². The first kappa shape index (κ1) is 27.1. The Morgan fingerprint density at radius 1 is 1.31 bits per heavy atom. The topological polar surface area (TPSA) is 250 Å². The molecule has 2 rings (SSSR count). The molecule has 7 atom stereocenters. The number of hydrogen-bond donors (Lipinski definition) is 6. The molecule has 0 amide bonds. The minimum atomic E-state index is -5.77. The summed E-state index contributed by atoms with van der Waals surface area (Å²) < 4.78 is 52.2. The van der Waals surface area contributed by atoms with Gasteiger partial charge in [-0.05, 0) is 13.0 Å². The van der Waals surface area contributed by atoms with Crippen molar-refractivity contribution in [2.75, 3.05) is 5.73 Å². The number of phosphoric ester groups is 1. The van der Waals surface area contributed by atoms with E-state index in [-0.39, 0.29) is 5.82 Å². The van der Waals surface area contributed by atoms with Crippen LogP contribution in [0, 0.1) is 12.3 Å². The van der Waals surface area contributed by atoms with Crippen LogP contribution < -0.4 is 11.4 Å². The quantitative estimate of drug-likeness (QED) is 0.137. The van der Waals surface area contributed by atoms with Crippen LogP contribution in [0.2, 0.25) is 0 Å². The normalized spacial score (nSPS) is 30.8. The second kappa shape index (κ2) is 9.25. The zero-order valence-electron chi connectivity index (χ0n) is 15.7. The van der Waals surface area contributed by atoms with Crippen LogP contribution in [-0.2, 0) is 31.6 Å². The van der Waals surface area contributed by atoms with E-state index in [1.165, 1.54) is 6.07 Å². The number of halogens is 1. The Labute approximate surface area is 184 Å². The molecule has 0 aliphatic carbocycles. The zero-order chi connectivity index (χ0) is 24.7. The van der Waals surface area contributed by atoms with E-state index in [1.807, 2.05) is 0 Å². The summed E-state index contributed by atoms with van der Waals surface area (Å²) in [6, 6.07) is 1.20. The predicted molar refractivity (Wildman–Crippen MR) is 105 cm³/mol. The molecule has 1 aliphatic rings. The summed E-state index contributed by atoms with van der Waals surface area (Å²) >= 11 is 6.27. The summed E-state index contributed by atoms with van der Waals surface area (Å²) in [4.78, 5) is 49.4. The van der Waals surface area contributed by atoms with E-state index >= 15 is 0 Å². The number of nitrogen functional groups attached to an aromatic ring is 1. The summed E-state index contributed by atoms with van der Waals surface area (Å²) in [5.74, 6) is 1.92. The highest BCUT2D eigenvalue weighted by molar-refractivity contribution is 7.66. The molecule has 2 heterocycles. The average Bonchev–Trinajstić information content (AvgIpc) is 2.84. The minimum absolute atomic E-state index is 0.136. The van der Waals surface area contributed by atoms with Gasteiger partial charge in [0.2, 0.25) is 0 Å². The number of alkyl halides is 1. The van der Waals surface area contributed by atoms with Crippen molar-refractivity contribution in [3.63, 3.8) is 0 Å². The van der Waals surface area contributed by atoms with Crippen molar-refractivity contribution in [1.82, 2.24) is 9.55 Å². The number of rotatable bonds is 8. The Bertz CT molecular complexity index is 1120. The first-order valence-electron chi connectivity index (χ1n) is 8.08. The molecule has 1 aromatic rings. The molecule has 3 unspecified atom stereocenters. The van der Waals surface area contributed by atoms with Crippen molar-refractivity contribution < 1.29 is 56.3 Å². The Balaban J connectivity index is 2.27. The number of hydrogen-bond acceptors (Lipinski definition) is 11. The van der Waals surface area contributed by atoms with Crippen LogP contribution in [-0.4, -0.2) is 57.4 Å². The number of ether oxygens (including phenoxy) is 1. The van der Waals surface area contributed by atoms with Crippen molar-refractivity contribution in [2.24, 2.45) is 0 Å². The molecule has 1 aliphatic heterocycles. The van der Waals surface area contributed by atoms with Crippen molar-refractivity contribution in [1.29, 1.82) is 0 Å². The van der Waals surface area contributed by atoms with Crippen molar-refractivity contribution >= 4 is 40.9 Å². The van der Waals surface area contributed by atoms with Gasteiger partial charge in [0, 0.05) is 6.20 Å². The van der Waals surface area contributed by atoms with E-state index in [2.05, 4.69) is 24.0 Å². The molecule has 0 bridgehead atoms. The van der Waals surface area contributed by atoms with Crippen molar-refractivity contribution in [3.8, 4) is 12.3 Å². The molecule has 1 saturated heterocycles. The van der Waals surface area contributed by atoms with E-state index in [9.17, 15) is 33.4 Å². The summed E-state index contributed by atoms with van der Waals surface area (Å²) in [6.07, 6.45) is -0.192. The van der Waals surface area contributed by atoms with E-state index < -0.39 is 58.6 Å². The third-order valence-corrected chi connectivity index (χ3v) is 8.34. The van der Waals surface area contributed by atoms with Crippen LogP contribution in [0.4, 0.5) is 5.82 Å². The number of nitrogens with two attached hydrogens (primary N) is 1. The van der Waals surface area contributed by atoms with Gasteiger partial charge in [-0.3, -0.25) is 9.09 Å². The Morgan fingerprint density at radius 3 is 2.41 bits per heavy atom. The highest BCUT2D eigenvalue weighted by atomic mass is 35.5. The summed E-state index contributed by atoms with van der Waals surface area (Å²) in [5.41, 5.74) is 4.45. The number of aliphatic hydroxyl groups is 1. The number of aromatic nitrogens is 2. The SMILES string of the molecule is C#CC1(Cl)[C@@H](O)[C@@H]([C@@H](C)OP(=O)(O)OP(=O)(O)OP(=O)(O)O)O[C@H]1n1ccc(N)nc1=O. The van der Waals surface area contributed by atoms with Gasteiger partial charge in [-0.2, -0.15) is 13.6 Å². The lowest BCUT2D eigenvalue weighted by Crippen LogP contribution is -2.44. The van der Waals surface area contributed by atoms with E-state index in [0.29, 0.717) is 0 Å². The third kappa shape index (κ3) is 6.25. The van der Waals surface area contributed by atoms with Crippen LogP contribution in [0.25, 0.3) is 0 Å². The fraction of sp³-hybridized carbons (Fsp3) is 0.500. The molecule has 180 valence electrons. The fourth-order valence-electron chi connectivity index (χ4n) is 2.67. The van der Waals surface area contributed by atoms with Crippen LogP contribution in [0.1, 0.15) is 13.2 Å². The fourth-order valence-corrected chi connectivity index (χ4v) is 6.15. The highest BCUT2D eigenvalue weighted by Gasteiger charge is 2.58. The van der Waals surface area contributed by atoms with Crippen LogP contribution >= 0.6 is 35.1 Å². The Hall–Kier alpha value is -1.14. The Morgan fingerprint density at radius 2 is 1.91 bits per heavy atom. The van der Waals surface area contributed by atoms with Crippen LogP contribution in [0.3, 0.4) is 0 Å². The number of phosphoric acid groups is 3. The van der Waals surface area contributed by atoms with Gasteiger partial charge in [-0.25, -0.2) is 18.5 Å². The van der Waals surface area contributed by atoms with E-state index in [4.69, 9.17) is 38.3 Å². The number of nitrogens with zero attached hydrogens (tertiary/aromatic N) is 2. The summed E-state index contributed by atoms with van der Waals surface area (Å²) in [6.45, 7) is 1.03. The molecule has 0 saturated carbocycles. The molecule has 0 radical (unpaired) electrons. The maximum absolute atomic E-state index is 12.1. The smallest absolute Gasteiger partial charge is 0.387 e. The van der Waals surface area contributed by atoms with Gasteiger partial charge in [0.25, 0.3) is 0 Å². The monoisotopic (exact) mass is 539 g/mol. The van der Waals surface area contributed by atoms with E-state index in [1.54, 1.807) is 0 Å². The van der Waals surface area contributed by atoms with Gasteiger partial charge < -0.3 is 35.2 Å². The maximum Gasteiger partial charge on any atom is 0.490 e. The van der Waals surface area contributed by atoms with Gasteiger partial charge in [0.05, 0.1) is 6.10 Å². The number of anilines is 1. The van der Waals surface area contributed by atoms with Gasteiger partial charge >= 0.3 is 29.2 Å². The van der Waals surface area contributed by atoms with Crippen molar-refractivity contribution in [3.05, 3.63) is 22.7 Å². The zero-order valence-corrected chi connectivity index (χ0v) is 19.2. The molecular formula is C12H17ClN3O13P3. The second-order valence-electron chi connectivity index (χ2n) is 6.25. The first-order chi connectivity index (χ1) is 14.4. The first-order valence-corrected chi connectivity index (χ1v) is 13.0. The summed E-state index contributed by atoms with van der Waals surface area (Å²) in [7, 11) is -16.9. The van der Waals surface area contributed by atoms with Crippen LogP contribution in [0.5, 0.6) is 0 Å². The van der Waals surface area contributed by atoms with Gasteiger partial charge in [0.1, 0.15) is 18.0 Å². The highest BCUT2D eigenvalue weighted by Crippen LogP contribution is 2.66. The van der Waals surface area contributed by atoms with Crippen LogP contribution in [0.15, 0.2) is 17.1 Å². The van der Waals surface area contributed by atoms with E-state index in [0.717, 1.165) is 17.7 Å². The summed E-state index contributed by atoms with van der Waals surface area (Å²) in [5, 5.41) is 10.6. The van der Waals surface area contributed by atoms with Gasteiger partial charge in [0.15, 0.2) is 11.1 Å².